The van der Waals surface area contributed by atoms with Gasteiger partial charge in [0.05, 0.1) is 11.0 Å². The van der Waals surface area contributed by atoms with Crippen molar-refractivity contribution in [1.82, 2.24) is 9.62 Å². The fraction of sp³-hybridized carbons (Fsp3) is 0.429. The van der Waals surface area contributed by atoms with E-state index in [9.17, 15) is 13.2 Å². The second kappa shape index (κ2) is 6.24. The molecule has 2 rings (SSSR count). The second-order valence-corrected chi connectivity index (χ2v) is 6.81. The lowest BCUT2D eigenvalue weighted by Gasteiger charge is -2.29. The molecule has 0 spiro atoms. The van der Waals surface area contributed by atoms with Crippen molar-refractivity contribution in [3.8, 4) is 6.07 Å². The minimum Gasteiger partial charge on any atom is -0.339 e. The summed E-state index contributed by atoms with van der Waals surface area (Å²) in [6.07, 6.45) is 1.38. The van der Waals surface area contributed by atoms with Gasteiger partial charge in [-0.3, -0.25) is 4.79 Å². The van der Waals surface area contributed by atoms with Crippen molar-refractivity contribution < 1.29 is 13.2 Å². The molecule has 1 saturated heterocycles. The first-order chi connectivity index (χ1) is 9.97. The summed E-state index contributed by atoms with van der Waals surface area (Å²) >= 11 is 0. The van der Waals surface area contributed by atoms with Crippen molar-refractivity contribution in [3.63, 3.8) is 0 Å². The van der Waals surface area contributed by atoms with E-state index in [1.165, 1.54) is 31.3 Å². The number of nitriles is 1. The van der Waals surface area contributed by atoms with Crippen LogP contribution in [0.5, 0.6) is 0 Å². The third-order valence-corrected chi connectivity index (χ3v) is 5.08. The molecule has 1 amide bonds. The van der Waals surface area contributed by atoms with E-state index in [0.29, 0.717) is 31.5 Å². The lowest BCUT2D eigenvalue weighted by atomic mass is 9.98. The zero-order valence-corrected chi connectivity index (χ0v) is 12.6. The van der Waals surface area contributed by atoms with Crippen molar-refractivity contribution >= 4 is 15.9 Å². The minimum absolute atomic E-state index is 0.0252. The molecule has 1 aromatic rings. The fourth-order valence-electron chi connectivity index (χ4n) is 2.29. The van der Waals surface area contributed by atoms with Gasteiger partial charge >= 0.3 is 0 Å². The number of rotatable bonds is 3. The number of hydrogen-bond acceptors (Lipinski definition) is 4. The Labute approximate surface area is 124 Å². The van der Waals surface area contributed by atoms with Gasteiger partial charge in [0.25, 0.3) is 5.91 Å². The van der Waals surface area contributed by atoms with Crippen LogP contribution in [0.15, 0.2) is 29.2 Å². The predicted molar refractivity (Wildman–Crippen MR) is 76.9 cm³/mol. The number of benzene rings is 1. The highest BCUT2D eigenvalue weighted by Gasteiger charge is 2.23. The Bertz CT molecular complexity index is 654. The summed E-state index contributed by atoms with van der Waals surface area (Å²) in [5.41, 5.74) is 0.459. The van der Waals surface area contributed by atoms with Crippen LogP contribution in [0, 0.1) is 17.2 Å². The number of amides is 1. The van der Waals surface area contributed by atoms with Crippen molar-refractivity contribution in [2.75, 3.05) is 20.1 Å². The van der Waals surface area contributed by atoms with Crippen LogP contribution < -0.4 is 4.72 Å². The van der Waals surface area contributed by atoms with Crippen LogP contribution in [0.4, 0.5) is 0 Å². The second-order valence-electron chi connectivity index (χ2n) is 4.93. The largest absolute Gasteiger partial charge is 0.339 e. The summed E-state index contributed by atoms with van der Waals surface area (Å²) in [7, 11) is -2.15. The Morgan fingerprint density at radius 3 is 2.33 bits per heavy atom. The standard InChI is InChI=1S/C14H17N3O3S/c1-16-21(19,20)13-4-2-12(3-5-13)14(18)17-8-6-11(10-15)7-9-17/h2-5,11,16H,6-9H2,1H3. The quantitative estimate of drug-likeness (QED) is 0.901. The molecule has 1 aromatic carbocycles. The molecule has 21 heavy (non-hydrogen) atoms. The van der Waals surface area contributed by atoms with Crippen LogP contribution >= 0.6 is 0 Å². The number of sulfonamides is 1. The lowest BCUT2D eigenvalue weighted by molar-refractivity contribution is 0.0707. The predicted octanol–water partition coefficient (Wildman–Crippen LogP) is 0.970. The molecule has 1 aliphatic rings. The van der Waals surface area contributed by atoms with Crippen LogP contribution in [-0.2, 0) is 10.0 Å². The van der Waals surface area contributed by atoms with Crippen LogP contribution in [0.1, 0.15) is 23.2 Å². The van der Waals surface area contributed by atoms with Crippen LogP contribution in [0.2, 0.25) is 0 Å². The molecule has 0 aromatic heterocycles. The van der Waals surface area contributed by atoms with Crippen LogP contribution in [0.3, 0.4) is 0 Å². The Morgan fingerprint density at radius 1 is 1.29 bits per heavy atom. The van der Waals surface area contributed by atoms with E-state index in [0.717, 1.165) is 0 Å². The molecular weight excluding hydrogens is 290 g/mol. The molecule has 7 heteroatoms. The number of carbonyl (C=O) groups is 1. The van der Waals surface area contributed by atoms with Gasteiger partial charge in [-0.1, -0.05) is 0 Å². The summed E-state index contributed by atoms with van der Waals surface area (Å²) in [4.78, 5) is 14.1. The van der Waals surface area contributed by atoms with Gasteiger partial charge in [-0.2, -0.15) is 5.26 Å². The molecular formula is C14H17N3O3S. The maximum Gasteiger partial charge on any atom is 0.253 e. The van der Waals surface area contributed by atoms with E-state index < -0.39 is 10.0 Å². The van der Waals surface area contributed by atoms with Crippen LogP contribution in [0.25, 0.3) is 0 Å². The highest BCUT2D eigenvalue weighted by Crippen LogP contribution is 2.19. The van der Waals surface area contributed by atoms with Gasteiger partial charge in [-0.25, -0.2) is 13.1 Å². The summed E-state index contributed by atoms with van der Waals surface area (Å²) < 4.78 is 25.5. The molecule has 0 radical (unpaired) electrons. The Balaban J connectivity index is 2.09. The van der Waals surface area contributed by atoms with E-state index >= 15 is 0 Å². The summed E-state index contributed by atoms with van der Waals surface area (Å²) in [5.74, 6) is -0.100. The summed E-state index contributed by atoms with van der Waals surface area (Å²) in [5, 5.41) is 8.85. The highest BCUT2D eigenvalue weighted by molar-refractivity contribution is 7.89. The Kier molecular flexibility index (Phi) is 4.60. The number of hydrogen-bond donors (Lipinski definition) is 1. The SMILES string of the molecule is CNS(=O)(=O)c1ccc(C(=O)N2CCC(C#N)CC2)cc1. The molecule has 6 nitrogen and oxygen atoms in total. The smallest absolute Gasteiger partial charge is 0.253 e. The first kappa shape index (κ1) is 15.5. The van der Waals surface area contributed by atoms with Gasteiger partial charge in [0, 0.05) is 24.6 Å². The third-order valence-electron chi connectivity index (χ3n) is 3.65. The molecule has 0 atom stereocenters. The number of nitrogens with zero attached hydrogens (tertiary/aromatic N) is 2. The number of nitrogens with one attached hydrogen (secondary N) is 1. The van der Waals surface area contributed by atoms with Crippen molar-refractivity contribution in [3.05, 3.63) is 29.8 Å². The van der Waals surface area contributed by atoms with Gasteiger partial charge in [-0.15, -0.1) is 0 Å². The van der Waals surface area contributed by atoms with Gasteiger partial charge in [0.2, 0.25) is 10.0 Å². The topological polar surface area (TPSA) is 90.3 Å². The normalized spacial score (nSPS) is 16.5. The summed E-state index contributed by atoms with van der Waals surface area (Å²) in [6.45, 7) is 1.13. The molecule has 1 fully saturated rings. The van der Waals surface area contributed by atoms with E-state index in [2.05, 4.69) is 10.8 Å². The number of piperidine rings is 1. The molecule has 0 bridgehead atoms. The monoisotopic (exact) mass is 307 g/mol. The molecule has 1 aliphatic heterocycles. The van der Waals surface area contributed by atoms with E-state index in [-0.39, 0.29) is 16.7 Å². The van der Waals surface area contributed by atoms with Gasteiger partial charge in [-0.05, 0) is 44.2 Å². The molecule has 0 saturated carbocycles. The first-order valence-corrected chi connectivity index (χ1v) is 8.19. The number of likely N-dealkylation sites (tertiary alicyclic amines) is 1. The average molecular weight is 307 g/mol. The zero-order valence-electron chi connectivity index (χ0n) is 11.7. The maximum atomic E-state index is 12.3. The van der Waals surface area contributed by atoms with E-state index in [1.807, 2.05) is 0 Å². The fourth-order valence-corrected chi connectivity index (χ4v) is 3.02. The summed E-state index contributed by atoms with van der Waals surface area (Å²) in [6, 6.07) is 8.09. The maximum absolute atomic E-state index is 12.3. The number of carbonyl (C=O) groups excluding carboxylic acids is 1. The van der Waals surface area contributed by atoms with E-state index in [1.54, 1.807) is 4.90 Å². The Hall–Kier alpha value is -1.91. The average Bonchev–Trinajstić information content (AvgIpc) is 2.54. The van der Waals surface area contributed by atoms with Gasteiger partial charge in [0.15, 0.2) is 0 Å². The molecule has 1 N–H and O–H groups in total. The highest BCUT2D eigenvalue weighted by atomic mass is 32.2. The first-order valence-electron chi connectivity index (χ1n) is 6.70. The third kappa shape index (κ3) is 3.40. The van der Waals surface area contributed by atoms with Gasteiger partial charge in [0.1, 0.15) is 0 Å². The van der Waals surface area contributed by atoms with Gasteiger partial charge < -0.3 is 4.90 Å². The van der Waals surface area contributed by atoms with Crippen LogP contribution in [-0.4, -0.2) is 39.4 Å². The lowest BCUT2D eigenvalue weighted by Crippen LogP contribution is -2.38. The minimum atomic E-state index is -3.49. The molecule has 112 valence electrons. The molecule has 0 unspecified atom stereocenters. The Morgan fingerprint density at radius 2 is 1.86 bits per heavy atom. The zero-order chi connectivity index (χ0) is 15.5. The molecule has 0 aliphatic carbocycles. The molecule has 1 heterocycles. The van der Waals surface area contributed by atoms with Crippen molar-refractivity contribution in [2.24, 2.45) is 5.92 Å². The van der Waals surface area contributed by atoms with Crippen molar-refractivity contribution in [2.45, 2.75) is 17.7 Å². The van der Waals surface area contributed by atoms with E-state index in [4.69, 9.17) is 5.26 Å². The van der Waals surface area contributed by atoms with Crippen molar-refractivity contribution in [1.29, 1.82) is 5.26 Å².